The first-order valence-corrected chi connectivity index (χ1v) is 11.8. The summed E-state index contributed by atoms with van der Waals surface area (Å²) < 4.78 is 7.39. The predicted molar refractivity (Wildman–Crippen MR) is 135 cm³/mol. The fourth-order valence-corrected chi connectivity index (χ4v) is 4.77. The van der Waals surface area contributed by atoms with Crippen LogP contribution in [0.25, 0.3) is 11.2 Å². The third-order valence-electron chi connectivity index (χ3n) is 6.48. The molecule has 1 saturated carbocycles. The van der Waals surface area contributed by atoms with Crippen LogP contribution < -0.4 is 10.1 Å². The third kappa shape index (κ3) is 5.21. The average molecular weight is 447 g/mol. The quantitative estimate of drug-likeness (QED) is 0.284. The number of hydrogen-bond donors (Lipinski definition) is 3. The number of fused-ring (bicyclic) bond motifs is 1. The minimum absolute atomic E-state index is 0.152. The lowest BCUT2D eigenvalue weighted by molar-refractivity contribution is 0.414. The molecule has 4 rings (SSSR count). The van der Waals surface area contributed by atoms with Gasteiger partial charge in [-0.25, -0.2) is 4.98 Å². The Morgan fingerprint density at radius 1 is 1.12 bits per heavy atom. The van der Waals surface area contributed by atoms with E-state index in [9.17, 15) is 5.11 Å². The van der Waals surface area contributed by atoms with E-state index in [0.29, 0.717) is 17.3 Å². The molecule has 0 unspecified atom stereocenters. The molecular formula is C27H34N4O2. The number of rotatable bonds is 8. The van der Waals surface area contributed by atoms with Crippen molar-refractivity contribution in [2.45, 2.75) is 64.8 Å². The van der Waals surface area contributed by atoms with Crippen LogP contribution in [0.3, 0.4) is 0 Å². The summed E-state index contributed by atoms with van der Waals surface area (Å²) in [5.41, 5.74) is 4.83. The summed E-state index contributed by atoms with van der Waals surface area (Å²) in [5, 5.41) is 22.0. The normalized spacial score (nSPS) is 15.4. The van der Waals surface area contributed by atoms with Crippen molar-refractivity contribution in [3.05, 3.63) is 65.2 Å². The van der Waals surface area contributed by atoms with E-state index in [-0.39, 0.29) is 5.76 Å². The van der Waals surface area contributed by atoms with E-state index >= 15 is 0 Å². The number of aryl methyl sites for hydroxylation is 2. The van der Waals surface area contributed by atoms with Crippen LogP contribution in [-0.2, 0) is 12.8 Å². The van der Waals surface area contributed by atoms with Crippen molar-refractivity contribution >= 4 is 22.7 Å². The van der Waals surface area contributed by atoms with Gasteiger partial charge in [0.05, 0.1) is 18.6 Å². The van der Waals surface area contributed by atoms with Crippen molar-refractivity contribution in [3.63, 3.8) is 0 Å². The number of aliphatic hydroxyl groups is 1. The Bertz CT molecular complexity index is 1150. The molecule has 6 heteroatoms. The summed E-state index contributed by atoms with van der Waals surface area (Å²) in [4.78, 5) is 4.99. The molecule has 0 atom stereocenters. The lowest BCUT2D eigenvalue weighted by Crippen LogP contribution is -2.23. The van der Waals surface area contributed by atoms with Crippen LogP contribution in [0.1, 0.15) is 62.8 Å². The van der Waals surface area contributed by atoms with Gasteiger partial charge in [0.25, 0.3) is 0 Å². The number of methoxy groups -OCH3 is 1. The van der Waals surface area contributed by atoms with Gasteiger partial charge in [-0.05, 0) is 74.9 Å². The second-order valence-electron chi connectivity index (χ2n) is 8.96. The monoisotopic (exact) mass is 446 g/mol. The molecule has 3 N–H and O–H groups in total. The maximum absolute atomic E-state index is 10.1. The van der Waals surface area contributed by atoms with E-state index in [2.05, 4.69) is 21.9 Å². The molecule has 0 spiro atoms. The first-order chi connectivity index (χ1) is 16.0. The molecule has 6 nitrogen and oxygen atoms in total. The van der Waals surface area contributed by atoms with Crippen molar-refractivity contribution in [3.8, 4) is 5.75 Å². The van der Waals surface area contributed by atoms with Gasteiger partial charge in [-0.15, -0.1) is 0 Å². The molecule has 1 aromatic carbocycles. The van der Waals surface area contributed by atoms with Gasteiger partial charge in [0, 0.05) is 23.5 Å². The van der Waals surface area contributed by atoms with Crippen LogP contribution in [0.15, 0.2) is 48.4 Å². The number of nitrogens with one attached hydrogen (secondary N) is 2. The number of aliphatic hydroxyl groups excluding tert-OH is 1. The van der Waals surface area contributed by atoms with Gasteiger partial charge in [0.2, 0.25) is 0 Å². The molecule has 0 bridgehead atoms. The first-order valence-electron chi connectivity index (χ1n) is 11.8. The van der Waals surface area contributed by atoms with Gasteiger partial charge >= 0.3 is 0 Å². The molecule has 0 amide bonds. The minimum Gasteiger partial charge on any atom is -0.512 e. The van der Waals surface area contributed by atoms with Gasteiger partial charge in [-0.2, -0.15) is 0 Å². The summed E-state index contributed by atoms with van der Waals surface area (Å²) in [7, 11) is 1.68. The van der Waals surface area contributed by atoms with E-state index in [0.717, 1.165) is 41.3 Å². The molecule has 1 fully saturated rings. The first kappa shape index (κ1) is 22.9. The molecule has 33 heavy (non-hydrogen) atoms. The Hall–Kier alpha value is -3.28. The second kappa shape index (κ2) is 10.1. The lowest BCUT2D eigenvalue weighted by Gasteiger charge is -2.24. The average Bonchev–Trinajstić information content (AvgIpc) is 3.14. The van der Waals surface area contributed by atoms with Crippen molar-refractivity contribution in [2.75, 3.05) is 12.4 Å². The lowest BCUT2D eigenvalue weighted by atomic mass is 9.95. The standard InChI is InChI=1S/C27H34N4O2/c1-18(28)26(19(2)32)21-15-16-31-25(17-21)30-24(27(31)29-22-7-5-4-6-8-22)14-11-20-9-12-23(33-3)13-10-20/h9-10,12-13,15-17,22,28-29,32H,4-8,11,14H2,1-3H3/b26-19+,28-18?. The Kier molecular flexibility index (Phi) is 7.02. The fourth-order valence-electron chi connectivity index (χ4n) is 4.77. The highest BCUT2D eigenvalue weighted by Crippen LogP contribution is 2.28. The van der Waals surface area contributed by atoms with Crippen molar-refractivity contribution in [2.24, 2.45) is 0 Å². The van der Waals surface area contributed by atoms with Gasteiger partial charge in [-0.3, -0.25) is 4.40 Å². The maximum atomic E-state index is 10.1. The topological polar surface area (TPSA) is 82.6 Å². The smallest absolute Gasteiger partial charge is 0.139 e. The Labute approximate surface area is 195 Å². The van der Waals surface area contributed by atoms with E-state index in [1.165, 1.54) is 37.7 Å². The molecular weight excluding hydrogens is 412 g/mol. The highest BCUT2D eigenvalue weighted by atomic mass is 16.5. The molecule has 0 saturated heterocycles. The molecule has 1 aliphatic carbocycles. The Balaban J connectivity index is 1.68. The van der Waals surface area contributed by atoms with Crippen molar-refractivity contribution < 1.29 is 9.84 Å². The van der Waals surface area contributed by atoms with Crippen LogP contribution in [0, 0.1) is 5.41 Å². The number of nitrogens with zero attached hydrogens (tertiary/aromatic N) is 2. The number of benzene rings is 1. The predicted octanol–water partition coefficient (Wildman–Crippen LogP) is 6.20. The highest BCUT2D eigenvalue weighted by molar-refractivity contribution is 6.21. The summed E-state index contributed by atoms with van der Waals surface area (Å²) >= 11 is 0. The fraction of sp³-hybridized carbons (Fsp3) is 0.407. The largest absolute Gasteiger partial charge is 0.512 e. The molecule has 2 aromatic heterocycles. The van der Waals surface area contributed by atoms with Crippen LogP contribution in [0.2, 0.25) is 0 Å². The van der Waals surface area contributed by atoms with Crippen molar-refractivity contribution in [1.29, 1.82) is 5.41 Å². The molecule has 3 aromatic rings. The summed E-state index contributed by atoms with van der Waals surface area (Å²) in [6.07, 6.45) is 9.94. The SMILES string of the molecule is COc1ccc(CCc2nc3cc(/C(C(C)=N)=C(\C)O)ccn3c2NC2CCCCC2)cc1. The zero-order valence-corrected chi connectivity index (χ0v) is 19.8. The van der Waals surface area contributed by atoms with E-state index in [1.807, 2.05) is 30.5 Å². The molecule has 174 valence electrons. The molecule has 0 aliphatic heterocycles. The summed E-state index contributed by atoms with van der Waals surface area (Å²) in [5.74, 6) is 2.08. The van der Waals surface area contributed by atoms with Crippen LogP contribution >= 0.6 is 0 Å². The van der Waals surface area contributed by atoms with Crippen LogP contribution in [-0.4, -0.2) is 33.4 Å². The van der Waals surface area contributed by atoms with E-state index in [1.54, 1.807) is 21.0 Å². The van der Waals surface area contributed by atoms with Gasteiger partial charge in [0.15, 0.2) is 0 Å². The second-order valence-corrected chi connectivity index (χ2v) is 8.96. The van der Waals surface area contributed by atoms with Gasteiger partial charge in [-0.1, -0.05) is 31.4 Å². The van der Waals surface area contributed by atoms with Gasteiger partial charge in [0.1, 0.15) is 17.2 Å². The Morgan fingerprint density at radius 2 is 1.85 bits per heavy atom. The number of ether oxygens (including phenoxy) is 1. The maximum Gasteiger partial charge on any atom is 0.139 e. The summed E-state index contributed by atoms with van der Waals surface area (Å²) in [6, 6.07) is 12.6. The number of allylic oxidation sites excluding steroid dienone is 2. The number of hydrogen-bond acceptors (Lipinski definition) is 5. The zero-order chi connectivity index (χ0) is 23.4. The molecule has 0 radical (unpaired) electrons. The zero-order valence-electron chi connectivity index (χ0n) is 19.8. The third-order valence-corrected chi connectivity index (χ3v) is 6.48. The molecule has 2 heterocycles. The number of pyridine rings is 1. The summed E-state index contributed by atoms with van der Waals surface area (Å²) in [6.45, 7) is 3.32. The number of imidazole rings is 1. The van der Waals surface area contributed by atoms with Crippen molar-refractivity contribution in [1.82, 2.24) is 9.38 Å². The van der Waals surface area contributed by atoms with Crippen LogP contribution in [0.4, 0.5) is 5.82 Å². The van der Waals surface area contributed by atoms with Crippen LogP contribution in [0.5, 0.6) is 5.75 Å². The van der Waals surface area contributed by atoms with Gasteiger partial charge < -0.3 is 20.6 Å². The number of aromatic nitrogens is 2. The number of anilines is 1. The Morgan fingerprint density at radius 3 is 2.48 bits per heavy atom. The molecule has 1 aliphatic rings. The van der Waals surface area contributed by atoms with E-state index < -0.39 is 0 Å². The highest BCUT2D eigenvalue weighted by Gasteiger charge is 2.20. The minimum atomic E-state index is 0.152. The van der Waals surface area contributed by atoms with E-state index in [4.69, 9.17) is 15.1 Å².